The number of nitro groups is 1. The molecule has 0 atom stereocenters. The molecule has 7 nitrogen and oxygen atoms in total. The van der Waals surface area contributed by atoms with E-state index in [9.17, 15) is 10.1 Å². The molecule has 7 heteroatoms. The van der Waals surface area contributed by atoms with Gasteiger partial charge in [-0.3, -0.25) is 10.1 Å². The molecule has 2 aromatic heterocycles. The second-order valence-electron chi connectivity index (χ2n) is 4.98. The molecular formula is C16H13N5O2. The lowest BCUT2D eigenvalue weighted by Crippen LogP contribution is -2.07. The molecule has 0 saturated carbocycles. The van der Waals surface area contributed by atoms with Crippen LogP contribution in [0.15, 0.2) is 48.8 Å². The summed E-state index contributed by atoms with van der Waals surface area (Å²) in [7, 11) is 0. The Morgan fingerprint density at radius 1 is 1.35 bits per heavy atom. The first-order valence-electron chi connectivity index (χ1n) is 7.02. The number of nitrogens with one attached hydrogen (secondary N) is 1. The van der Waals surface area contributed by atoms with E-state index in [4.69, 9.17) is 5.26 Å². The number of hydrogen-bond acceptors (Lipinski definition) is 5. The predicted molar refractivity (Wildman–Crippen MR) is 85.2 cm³/mol. The minimum atomic E-state index is -0.464. The van der Waals surface area contributed by atoms with E-state index >= 15 is 0 Å². The number of nitrogens with zero attached hydrogens (tertiary/aromatic N) is 4. The fourth-order valence-electron chi connectivity index (χ4n) is 2.34. The van der Waals surface area contributed by atoms with Crippen LogP contribution in [0, 0.1) is 21.4 Å². The minimum absolute atomic E-state index is 0.0426. The van der Waals surface area contributed by atoms with Gasteiger partial charge in [0.1, 0.15) is 11.3 Å². The first-order valence-corrected chi connectivity index (χ1v) is 7.02. The van der Waals surface area contributed by atoms with Gasteiger partial charge < -0.3 is 9.72 Å². The summed E-state index contributed by atoms with van der Waals surface area (Å²) in [6.45, 7) is 0.486. The highest BCUT2D eigenvalue weighted by Crippen LogP contribution is 2.25. The molecule has 1 N–H and O–H groups in total. The van der Waals surface area contributed by atoms with E-state index < -0.39 is 4.92 Å². The maximum Gasteiger partial charge on any atom is 0.292 e. The summed E-state index contributed by atoms with van der Waals surface area (Å²) in [5.41, 5.74) is 2.44. The van der Waals surface area contributed by atoms with E-state index in [2.05, 4.69) is 10.3 Å². The van der Waals surface area contributed by atoms with Gasteiger partial charge in [-0.05, 0) is 24.3 Å². The SMILES string of the molecule is N#Cc1ccc([N+](=O)[O-])c(NCCc2cn3ccccc3n2)c1. The number of benzene rings is 1. The first-order chi connectivity index (χ1) is 11.2. The number of rotatable bonds is 5. The maximum absolute atomic E-state index is 11.0. The Balaban J connectivity index is 1.73. The van der Waals surface area contributed by atoms with Crippen molar-refractivity contribution in [2.45, 2.75) is 6.42 Å². The Hall–Kier alpha value is -3.40. The van der Waals surface area contributed by atoms with Crippen molar-refractivity contribution in [1.29, 1.82) is 5.26 Å². The Kier molecular flexibility index (Phi) is 3.89. The third kappa shape index (κ3) is 3.11. The number of nitro benzene ring substituents is 1. The normalized spacial score (nSPS) is 10.4. The summed E-state index contributed by atoms with van der Waals surface area (Å²) in [6.07, 6.45) is 4.47. The average molecular weight is 307 g/mol. The van der Waals surface area contributed by atoms with Gasteiger partial charge in [0, 0.05) is 31.4 Å². The van der Waals surface area contributed by atoms with Crippen LogP contribution in [0.4, 0.5) is 11.4 Å². The molecule has 2 heterocycles. The third-order valence-electron chi connectivity index (χ3n) is 3.43. The van der Waals surface area contributed by atoms with Crippen LogP contribution in [-0.2, 0) is 6.42 Å². The molecule has 0 fully saturated rings. The number of imidazole rings is 1. The third-order valence-corrected chi connectivity index (χ3v) is 3.43. The van der Waals surface area contributed by atoms with Crippen LogP contribution in [0.25, 0.3) is 5.65 Å². The highest BCUT2D eigenvalue weighted by Gasteiger charge is 2.14. The molecule has 1 aromatic carbocycles. The number of fused-ring (bicyclic) bond motifs is 1. The van der Waals surface area contributed by atoms with Gasteiger partial charge in [-0.1, -0.05) is 6.07 Å². The minimum Gasteiger partial charge on any atom is -0.379 e. The number of aromatic nitrogens is 2. The summed E-state index contributed by atoms with van der Waals surface area (Å²) in [4.78, 5) is 15.0. The molecule has 3 rings (SSSR count). The fourth-order valence-corrected chi connectivity index (χ4v) is 2.34. The zero-order chi connectivity index (χ0) is 16.2. The van der Waals surface area contributed by atoms with Crippen LogP contribution >= 0.6 is 0 Å². The van der Waals surface area contributed by atoms with Gasteiger partial charge in [-0.2, -0.15) is 5.26 Å². The number of hydrogen-bond donors (Lipinski definition) is 1. The van der Waals surface area contributed by atoms with Crippen LogP contribution in [0.2, 0.25) is 0 Å². The highest BCUT2D eigenvalue weighted by molar-refractivity contribution is 5.64. The van der Waals surface area contributed by atoms with E-state index in [0.717, 1.165) is 11.3 Å². The molecule has 0 spiro atoms. The topological polar surface area (TPSA) is 96.3 Å². The number of nitriles is 1. The molecule has 0 aliphatic heterocycles. The monoisotopic (exact) mass is 307 g/mol. The molecule has 0 bridgehead atoms. The van der Waals surface area contributed by atoms with Crippen molar-refractivity contribution in [3.63, 3.8) is 0 Å². The summed E-state index contributed by atoms with van der Waals surface area (Å²) in [5.74, 6) is 0. The van der Waals surface area contributed by atoms with E-state index in [1.54, 1.807) is 0 Å². The second-order valence-corrected chi connectivity index (χ2v) is 4.98. The van der Waals surface area contributed by atoms with Crippen LogP contribution < -0.4 is 5.32 Å². The van der Waals surface area contributed by atoms with Gasteiger partial charge in [0.05, 0.1) is 22.2 Å². The Morgan fingerprint density at radius 3 is 2.96 bits per heavy atom. The standard InChI is InChI=1S/C16H13N5O2/c17-10-12-4-5-15(21(22)23)14(9-12)18-7-6-13-11-20-8-2-1-3-16(20)19-13/h1-5,8-9,11,18H,6-7H2. The van der Waals surface area contributed by atoms with Gasteiger partial charge >= 0.3 is 0 Å². The van der Waals surface area contributed by atoms with E-state index in [-0.39, 0.29) is 5.69 Å². The molecular weight excluding hydrogens is 294 g/mol. The predicted octanol–water partition coefficient (Wildman–Crippen LogP) is 2.77. The van der Waals surface area contributed by atoms with Crippen LogP contribution in [0.5, 0.6) is 0 Å². The number of pyridine rings is 1. The van der Waals surface area contributed by atoms with Crippen LogP contribution in [0.1, 0.15) is 11.3 Å². The van der Waals surface area contributed by atoms with E-state index in [0.29, 0.717) is 24.2 Å². The zero-order valence-electron chi connectivity index (χ0n) is 12.1. The molecule has 3 aromatic rings. The molecule has 0 amide bonds. The maximum atomic E-state index is 11.0. The summed E-state index contributed by atoms with van der Waals surface area (Å²) in [6, 6.07) is 12.0. The summed E-state index contributed by atoms with van der Waals surface area (Å²) < 4.78 is 1.92. The smallest absolute Gasteiger partial charge is 0.292 e. The van der Waals surface area contributed by atoms with E-state index in [1.807, 2.05) is 41.1 Å². The molecule has 0 saturated heterocycles. The Bertz CT molecular complexity index is 877. The van der Waals surface area contributed by atoms with Crippen molar-refractivity contribution < 1.29 is 4.92 Å². The molecule has 0 unspecified atom stereocenters. The summed E-state index contributed by atoms with van der Waals surface area (Å²) >= 11 is 0. The van der Waals surface area contributed by atoms with Gasteiger partial charge in [0.2, 0.25) is 0 Å². The van der Waals surface area contributed by atoms with Crippen LogP contribution in [-0.4, -0.2) is 20.9 Å². The first kappa shape index (κ1) is 14.5. The van der Waals surface area contributed by atoms with Crippen LogP contribution in [0.3, 0.4) is 0 Å². The van der Waals surface area contributed by atoms with Gasteiger partial charge in [-0.15, -0.1) is 0 Å². The molecule has 0 radical (unpaired) electrons. The lowest BCUT2D eigenvalue weighted by Gasteiger charge is -2.06. The highest BCUT2D eigenvalue weighted by atomic mass is 16.6. The molecule has 0 aliphatic rings. The Labute approximate surface area is 132 Å². The van der Waals surface area contributed by atoms with Gasteiger partial charge in [0.25, 0.3) is 5.69 Å². The molecule has 23 heavy (non-hydrogen) atoms. The van der Waals surface area contributed by atoms with Crippen molar-refractivity contribution in [3.8, 4) is 6.07 Å². The van der Waals surface area contributed by atoms with Crippen molar-refractivity contribution in [3.05, 3.63) is 70.2 Å². The van der Waals surface area contributed by atoms with Crippen molar-refractivity contribution in [1.82, 2.24) is 9.38 Å². The quantitative estimate of drug-likeness (QED) is 0.577. The lowest BCUT2D eigenvalue weighted by atomic mass is 10.2. The summed E-state index contributed by atoms with van der Waals surface area (Å²) in [5, 5.41) is 23.0. The number of anilines is 1. The van der Waals surface area contributed by atoms with Gasteiger partial charge in [-0.25, -0.2) is 4.98 Å². The lowest BCUT2D eigenvalue weighted by molar-refractivity contribution is -0.384. The largest absolute Gasteiger partial charge is 0.379 e. The van der Waals surface area contributed by atoms with Crippen molar-refractivity contribution in [2.24, 2.45) is 0 Å². The average Bonchev–Trinajstić information content (AvgIpc) is 2.97. The van der Waals surface area contributed by atoms with Crippen molar-refractivity contribution in [2.75, 3.05) is 11.9 Å². The van der Waals surface area contributed by atoms with E-state index in [1.165, 1.54) is 18.2 Å². The second kappa shape index (κ2) is 6.15. The fraction of sp³-hybridized carbons (Fsp3) is 0.125. The van der Waals surface area contributed by atoms with Crippen molar-refractivity contribution >= 4 is 17.0 Å². The van der Waals surface area contributed by atoms with Gasteiger partial charge in [0.15, 0.2) is 0 Å². The zero-order valence-corrected chi connectivity index (χ0v) is 12.1. The molecule has 114 valence electrons. The molecule has 0 aliphatic carbocycles. The Morgan fingerprint density at radius 2 is 2.22 bits per heavy atom.